The van der Waals surface area contributed by atoms with Gasteiger partial charge in [-0.1, -0.05) is 35.9 Å². The summed E-state index contributed by atoms with van der Waals surface area (Å²) in [5.74, 6) is -0.696. The van der Waals surface area contributed by atoms with E-state index in [-0.39, 0.29) is 18.9 Å². The molecule has 1 amide bonds. The molecule has 1 fully saturated rings. The van der Waals surface area contributed by atoms with E-state index in [4.69, 9.17) is 4.74 Å². The molecule has 3 rings (SSSR count). The zero-order valence-corrected chi connectivity index (χ0v) is 15.2. The molecular formula is C21H22N2O3. The molecule has 5 nitrogen and oxygen atoms in total. The van der Waals surface area contributed by atoms with Gasteiger partial charge in [0.1, 0.15) is 11.3 Å². The molecular weight excluding hydrogens is 328 g/mol. The van der Waals surface area contributed by atoms with Gasteiger partial charge in [0.15, 0.2) is 0 Å². The van der Waals surface area contributed by atoms with Crippen molar-refractivity contribution in [3.63, 3.8) is 0 Å². The van der Waals surface area contributed by atoms with Crippen LogP contribution in [0.1, 0.15) is 25.8 Å². The molecule has 0 spiro atoms. The number of amides is 1. The minimum absolute atomic E-state index is 0.202. The van der Waals surface area contributed by atoms with Crippen molar-refractivity contribution in [1.29, 1.82) is 0 Å². The summed E-state index contributed by atoms with van der Waals surface area (Å²) in [6.07, 6.45) is 0.202. The Morgan fingerprint density at radius 3 is 2.42 bits per heavy atom. The van der Waals surface area contributed by atoms with Gasteiger partial charge in [0, 0.05) is 12.1 Å². The van der Waals surface area contributed by atoms with E-state index >= 15 is 0 Å². The molecule has 26 heavy (non-hydrogen) atoms. The summed E-state index contributed by atoms with van der Waals surface area (Å²) in [5.41, 5.74) is 1.71. The van der Waals surface area contributed by atoms with Crippen molar-refractivity contribution in [1.82, 2.24) is 0 Å². The molecule has 1 aliphatic heterocycles. The second-order valence-corrected chi connectivity index (χ2v) is 6.54. The molecule has 1 saturated heterocycles. The van der Waals surface area contributed by atoms with E-state index in [0.717, 1.165) is 5.56 Å². The molecule has 0 bridgehead atoms. The largest absolute Gasteiger partial charge is 0.464 e. The van der Waals surface area contributed by atoms with Crippen LogP contribution in [-0.2, 0) is 14.3 Å². The fourth-order valence-electron chi connectivity index (χ4n) is 3.13. The number of rotatable bonds is 4. The maximum absolute atomic E-state index is 13.1. The monoisotopic (exact) mass is 350 g/mol. The summed E-state index contributed by atoms with van der Waals surface area (Å²) in [6, 6.07) is 16.8. The fourth-order valence-corrected chi connectivity index (χ4v) is 3.13. The summed E-state index contributed by atoms with van der Waals surface area (Å²) >= 11 is 0. The summed E-state index contributed by atoms with van der Waals surface area (Å²) in [5, 5.41) is 0. The Labute approximate surface area is 153 Å². The summed E-state index contributed by atoms with van der Waals surface area (Å²) in [4.78, 5) is 31.8. The zero-order valence-electron chi connectivity index (χ0n) is 15.2. The van der Waals surface area contributed by atoms with Crippen LogP contribution < -0.4 is 4.90 Å². The predicted molar refractivity (Wildman–Crippen MR) is 102 cm³/mol. The number of ether oxygens (including phenoxy) is 1. The van der Waals surface area contributed by atoms with Gasteiger partial charge in [-0.25, -0.2) is 9.79 Å². The molecule has 5 heteroatoms. The van der Waals surface area contributed by atoms with Gasteiger partial charge in [0.2, 0.25) is 0 Å². The SMILES string of the molecule is CCOC(=O)C1(C)CC(=Nc2ccc(C)cc2)C(=O)N1c1ccccc1. The smallest absolute Gasteiger partial charge is 0.332 e. The van der Waals surface area contributed by atoms with E-state index in [2.05, 4.69) is 4.99 Å². The van der Waals surface area contributed by atoms with Crippen LogP contribution in [0.25, 0.3) is 0 Å². The number of aryl methyl sites for hydroxylation is 1. The average Bonchev–Trinajstić information content (AvgIpc) is 2.89. The molecule has 0 saturated carbocycles. The Kier molecular flexibility index (Phi) is 4.89. The number of aliphatic imine (C=N–C) groups is 1. The third-order valence-electron chi connectivity index (χ3n) is 4.48. The number of esters is 1. The number of benzene rings is 2. The first-order valence-corrected chi connectivity index (χ1v) is 8.67. The van der Waals surface area contributed by atoms with Crippen molar-refractivity contribution in [3.05, 3.63) is 60.2 Å². The van der Waals surface area contributed by atoms with Gasteiger partial charge in [-0.15, -0.1) is 0 Å². The molecule has 0 N–H and O–H groups in total. The second-order valence-electron chi connectivity index (χ2n) is 6.54. The van der Waals surface area contributed by atoms with Crippen LogP contribution in [0.15, 0.2) is 59.6 Å². The third-order valence-corrected chi connectivity index (χ3v) is 4.48. The molecule has 0 radical (unpaired) electrons. The maximum atomic E-state index is 13.1. The van der Waals surface area contributed by atoms with Crippen molar-refractivity contribution in [2.45, 2.75) is 32.7 Å². The number of carbonyl (C=O) groups is 2. The highest BCUT2D eigenvalue weighted by Gasteiger charge is 2.52. The molecule has 0 aliphatic carbocycles. The van der Waals surface area contributed by atoms with Crippen molar-refractivity contribution < 1.29 is 14.3 Å². The predicted octanol–water partition coefficient (Wildman–Crippen LogP) is 3.83. The first kappa shape index (κ1) is 17.9. The van der Waals surface area contributed by atoms with Crippen LogP contribution in [0, 0.1) is 6.92 Å². The van der Waals surface area contributed by atoms with Gasteiger partial charge in [0.25, 0.3) is 5.91 Å². The Hall–Kier alpha value is -2.95. The lowest BCUT2D eigenvalue weighted by Crippen LogP contribution is -2.50. The number of nitrogens with zero attached hydrogens (tertiary/aromatic N) is 2. The van der Waals surface area contributed by atoms with Gasteiger partial charge >= 0.3 is 5.97 Å². The Morgan fingerprint density at radius 2 is 1.81 bits per heavy atom. The van der Waals surface area contributed by atoms with Crippen molar-refractivity contribution >= 4 is 29.0 Å². The average molecular weight is 350 g/mol. The lowest BCUT2D eigenvalue weighted by Gasteiger charge is -2.32. The van der Waals surface area contributed by atoms with Gasteiger partial charge in [-0.3, -0.25) is 9.69 Å². The molecule has 2 aromatic carbocycles. The van der Waals surface area contributed by atoms with Crippen LogP contribution in [0.2, 0.25) is 0 Å². The number of carbonyl (C=O) groups excluding carboxylic acids is 2. The van der Waals surface area contributed by atoms with Crippen LogP contribution in [0.3, 0.4) is 0 Å². The van der Waals surface area contributed by atoms with E-state index in [1.807, 2.05) is 61.5 Å². The Morgan fingerprint density at radius 1 is 1.15 bits per heavy atom. The molecule has 2 aromatic rings. The van der Waals surface area contributed by atoms with Gasteiger partial charge in [-0.2, -0.15) is 0 Å². The molecule has 1 aliphatic rings. The molecule has 1 heterocycles. The summed E-state index contributed by atoms with van der Waals surface area (Å²) in [6.45, 7) is 5.74. The minimum atomic E-state index is -1.11. The van der Waals surface area contributed by atoms with Gasteiger partial charge in [-0.05, 0) is 45.0 Å². The van der Waals surface area contributed by atoms with Crippen molar-refractivity contribution in [3.8, 4) is 0 Å². The van der Waals surface area contributed by atoms with E-state index in [0.29, 0.717) is 17.1 Å². The van der Waals surface area contributed by atoms with Gasteiger partial charge < -0.3 is 4.74 Å². The van der Waals surface area contributed by atoms with E-state index in [1.165, 1.54) is 4.90 Å². The third kappa shape index (κ3) is 3.25. The fraction of sp³-hybridized carbons (Fsp3) is 0.286. The summed E-state index contributed by atoms with van der Waals surface area (Å²) < 4.78 is 5.26. The molecule has 1 unspecified atom stereocenters. The second kappa shape index (κ2) is 7.12. The normalized spacial score (nSPS) is 21.3. The molecule has 134 valence electrons. The maximum Gasteiger partial charge on any atom is 0.332 e. The quantitative estimate of drug-likeness (QED) is 0.788. The first-order valence-electron chi connectivity index (χ1n) is 8.67. The Balaban J connectivity index is 2.04. The van der Waals surface area contributed by atoms with Crippen LogP contribution in [-0.4, -0.2) is 29.7 Å². The lowest BCUT2D eigenvalue weighted by atomic mass is 9.98. The standard InChI is InChI=1S/C21H22N2O3/c1-4-26-20(25)21(3)14-18(22-16-12-10-15(2)11-13-16)19(24)23(21)17-8-6-5-7-9-17/h5-13H,4,14H2,1-3H3. The van der Waals surface area contributed by atoms with E-state index < -0.39 is 11.5 Å². The number of anilines is 1. The van der Waals surface area contributed by atoms with E-state index in [1.54, 1.807) is 13.8 Å². The highest BCUT2D eigenvalue weighted by Crippen LogP contribution is 2.35. The number of hydrogen-bond acceptors (Lipinski definition) is 4. The number of para-hydroxylation sites is 1. The highest BCUT2D eigenvalue weighted by molar-refractivity contribution is 6.48. The van der Waals surface area contributed by atoms with Crippen molar-refractivity contribution in [2.75, 3.05) is 11.5 Å². The highest BCUT2D eigenvalue weighted by atomic mass is 16.5. The van der Waals surface area contributed by atoms with Crippen LogP contribution in [0.5, 0.6) is 0 Å². The lowest BCUT2D eigenvalue weighted by molar-refractivity contribution is -0.149. The van der Waals surface area contributed by atoms with Crippen LogP contribution >= 0.6 is 0 Å². The van der Waals surface area contributed by atoms with Crippen molar-refractivity contribution in [2.24, 2.45) is 4.99 Å². The topological polar surface area (TPSA) is 59.0 Å². The van der Waals surface area contributed by atoms with Crippen LogP contribution in [0.4, 0.5) is 11.4 Å². The molecule has 1 atom stereocenters. The first-order chi connectivity index (χ1) is 12.5. The van der Waals surface area contributed by atoms with E-state index in [9.17, 15) is 9.59 Å². The molecule has 0 aromatic heterocycles. The number of hydrogen-bond donors (Lipinski definition) is 0. The summed E-state index contributed by atoms with van der Waals surface area (Å²) in [7, 11) is 0. The van der Waals surface area contributed by atoms with Gasteiger partial charge in [0.05, 0.1) is 12.3 Å². The minimum Gasteiger partial charge on any atom is -0.464 e. The zero-order chi connectivity index (χ0) is 18.7. The Bertz CT molecular complexity index is 843.